The van der Waals surface area contributed by atoms with Crippen LogP contribution in [0.3, 0.4) is 0 Å². The number of pyridine rings is 1. The molecule has 1 N–H and O–H groups in total. The van der Waals surface area contributed by atoms with Crippen molar-refractivity contribution in [2.75, 3.05) is 10.2 Å². The van der Waals surface area contributed by atoms with Gasteiger partial charge >= 0.3 is 0 Å². The van der Waals surface area contributed by atoms with Gasteiger partial charge in [-0.2, -0.15) is 0 Å². The van der Waals surface area contributed by atoms with Gasteiger partial charge in [-0.05, 0) is 54.7 Å². The summed E-state index contributed by atoms with van der Waals surface area (Å²) >= 11 is 0. The molecule has 1 saturated carbocycles. The lowest BCUT2D eigenvalue weighted by atomic mass is 9.85. The zero-order chi connectivity index (χ0) is 21.1. The van der Waals surface area contributed by atoms with Gasteiger partial charge in [-0.25, -0.2) is 0 Å². The number of hydrogen-bond acceptors (Lipinski definition) is 4. The molecule has 1 aliphatic heterocycles. The van der Waals surface area contributed by atoms with Crippen molar-refractivity contribution in [2.24, 2.45) is 23.7 Å². The van der Waals surface area contributed by atoms with E-state index in [1.807, 2.05) is 30.3 Å². The Balaban J connectivity index is 1.24. The number of carbonyl (C=O) groups is 3. The van der Waals surface area contributed by atoms with Gasteiger partial charge in [0.25, 0.3) is 5.91 Å². The van der Waals surface area contributed by atoms with Gasteiger partial charge in [-0.3, -0.25) is 24.3 Å². The number of aromatic nitrogens is 1. The molecule has 2 heterocycles. The molecule has 4 atom stereocenters. The molecule has 2 aliphatic carbocycles. The van der Waals surface area contributed by atoms with Gasteiger partial charge < -0.3 is 5.32 Å². The molecule has 0 radical (unpaired) electrons. The molecule has 2 fully saturated rings. The molecule has 31 heavy (non-hydrogen) atoms. The quantitative estimate of drug-likeness (QED) is 0.527. The van der Waals surface area contributed by atoms with Crippen LogP contribution in [-0.4, -0.2) is 22.7 Å². The highest BCUT2D eigenvalue weighted by molar-refractivity contribution is 6.23. The Kier molecular flexibility index (Phi) is 3.84. The normalized spacial score (nSPS) is 26.0. The van der Waals surface area contributed by atoms with E-state index in [1.165, 1.54) is 4.90 Å². The molecule has 0 unspecified atom stereocenters. The molecule has 6 rings (SSSR count). The van der Waals surface area contributed by atoms with Gasteiger partial charge in [0, 0.05) is 17.1 Å². The van der Waals surface area contributed by atoms with Crippen LogP contribution < -0.4 is 10.2 Å². The van der Waals surface area contributed by atoms with Crippen molar-refractivity contribution in [1.29, 1.82) is 0 Å². The molecule has 0 spiro atoms. The molecule has 1 saturated heterocycles. The number of para-hydroxylation sites is 1. The number of carbonyl (C=O) groups excluding carboxylic acids is 3. The number of rotatable bonds is 3. The molecular formula is C25H19N3O3. The standard InChI is InChI=1S/C25H19N3O3/c29-23(27-19-5-1-3-14-4-2-12-26-22(14)19)15-8-10-18(11-9-15)28-24(30)20-16-6-7-17(13-16)21(20)25(28)31/h1-12,16-17,20-21H,13H2,(H,27,29)/t16-,17+,20+,21-. The lowest BCUT2D eigenvalue weighted by Gasteiger charge is -2.17. The van der Waals surface area contributed by atoms with E-state index in [0.717, 1.165) is 17.3 Å². The first kappa shape index (κ1) is 18.0. The third-order valence-electron chi connectivity index (χ3n) is 6.74. The highest BCUT2D eigenvalue weighted by atomic mass is 16.2. The molecule has 6 heteroatoms. The molecule has 152 valence electrons. The van der Waals surface area contributed by atoms with Crippen LogP contribution in [0.2, 0.25) is 0 Å². The Bertz CT molecular complexity index is 1250. The second-order valence-electron chi connectivity index (χ2n) is 8.39. The second-order valence-corrected chi connectivity index (χ2v) is 8.39. The fraction of sp³-hybridized carbons (Fsp3) is 0.200. The number of nitrogens with one attached hydrogen (secondary N) is 1. The van der Waals surface area contributed by atoms with E-state index in [0.29, 0.717) is 16.9 Å². The van der Waals surface area contributed by atoms with E-state index in [1.54, 1.807) is 30.5 Å². The van der Waals surface area contributed by atoms with Crippen molar-refractivity contribution in [2.45, 2.75) is 6.42 Å². The molecule has 2 bridgehead atoms. The number of amides is 3. The SMILES string of the molecule is O=C(Nc1cccc2cccnc12)c1ccc(N2C(=O)[C@@H]3[C@H](C2=O)[C@H]2C=C[C@@H]3C2)cc1. The summed E-state index contributed by atoms with van der Waals surface area (Å²) < 4.78 is 0. The van der Waals surface area contributed by atoms with Gasteiger partial charge in [-0.1, -0.05) is 30.4 Å². The smallest absolute Gasteiger partial charge is 0.255 e. The third-order valence-corrected chi connectivity index (χ3v) is 6.74. The van der Waals surface area contributed by atoms with Crippen molar-refractivity contribution < 1.29 is 14.4 Å². The van der Waals surface area contributed by atoms with Gasteiger partial charge in [0.05, 0.1) is 28.7 Å². The molecule has 1 aromatic heterocycles. The highest BCUT2D eigenvalue weighted by Gasteiger charge is 2.59. The maximum atomic E-state index is 13.0. The first-order chi connectivity index (χ1) is 15.1. The zero-order valence-corrected chi connectivity index (χ0v) is 16.6. The Morgan fingerprint density at radius 1 is 0.903 bits per heavy atom. The third kappa shape index (κ3) is 2.64. The lowest BCUT2D eigenvalue weighted by molar-refractivity contribution is -0.123. The summed E-state index contributed by atoms with van der Waals surface area (Å²) in [5.74, 6) is -0.625. The summed E-state index contributed by atoms with van der Waals surface area (Å²) in [5.41, 5.74) is 2.32. The van der Waals surface area contributed by atoms with E-state index < -0.39 is 0 Å². The van der Waals surface area contributed by atoms with Gasteiger partial charge in [0.15, 0.2) is 0 Å². The Morgan fingerprint density at radius 2 is 1.58 bits per heavy atom. The zero-order valence-electron chi connectivity index (χ0n) is 16.6. The molecular weight excluding hydrogens is 390 g/mol. The number of allylic oxidation sites excluding steroid dienone is 2. The average molecular weight is 409 g/mol. The topological polar surface area (TPSA) is 79.4 Å². The fourth-order valence-corrected chi connectivity index (χ4v) is 5.32. The van der Waals surface area contributed by atoms with E-state index in [4.69, 9.17) is 0 Å². The van der Waals surface area contributed by atoms with E-state index in [9.17, 15) is 14.4 Å². The van der Waals surface area contributed by atoms with Crippen molar-refractivity contribution >= 4 is 40.0 Å². The first-order valence-corrected chi connectivity index (χ1v) is 10.4. The second kappa shape index (κ2) is 6.60. The molecule has 3 aliphatic rings. The number of nitrogens with zero attached hydrogens (tertiary/aromatic N) is 2. The van der Waals surface area contributed by atoms with E-state index in [-0.39, 0.29) is 41.4 Å². The maximum absolute atomic E-state index is 13.0. The summed E-state index contributed by atoms with van der Waals surface area (Å²) in [6.07, 6.45) is 6.75. The van der Waals surface area contributed by atoms with Crippen LogP contribution in [0, 0.1) is 23.7 Å². The van der Waals surface area contributed by atoms with Crippen molar-refractivity contribution in [3.63, 3.8) is 0 Å². The molecule has 3 aromatic rings. The van der Waals surface area contributed by atoms with Gasteiger partial charge in [0.2, 0.25) is 11.8 Å². The minimum absolute atomic E-state index is 0.120. The summed E-state index contributed by atoms with van der Waals surface area (Å²) in [5, 5.41) is 3.84. The van der Waals surface area contributed by atoms with E-state index in [2.05, 4.69) is 22.5 Å². The number of anilines is 2. The van der Waals surface area contributed by atoms with Crippen LogP contribution in [0.5, 0.6) is 0 Å². The average Bonchev–Trinajstić information content (AvgIpc) is 3.48. The first-order valence-electron chi connectivity index (χ1n) is 10.4. The number of hydrogen-bond donors (Lipinski definition) is 1. The highest BCUT2D eigenvalue weighted by Crippen LogP contribution is 2.53. The Morgan fingerprint density at radius 3 is 2.29 bits per heavy atom. The summed E-state index contributed by atoms with van der Waals surface area (Å²) in [4.78, 5) is 44.4. The van der Waals surface area contributed by atoms with Crippen LogP contribution in [-0.2, 0) is 9.59 Å². The van der Waals surface area contributed by atoms with Crippen LogP contribution in [0.15, 0.2) is 72.9 Å². The fourth-order valence-electron chi connectivity index (χ4n) is 5.32. The molecule has 3 amide bonds. The minimum atomic E-state index is -0.275. The monoisotopic (exact) mass is 409 g/mol. The largest absolute Gasteiger partial charge is 0.320 e. The minimum Gasteiger partial charge on any atom is -0.320 e. The number of benzene rings is 2. The van der Waals surface area contributed by atoms with Crippen molar-refractivity contribution in [3.8, 4) is 0 Å². The predicted molar refractivity (Wildman–Crippen MR) is 116 cm³/mol. The number of imide groups is 1. The van der Waals surface area contributed by atoms with Crippen LogP contribution in [0.25, 0.3) is 10.9 Å². The van der Waals surface area contributed by atoms with Crippen LogP contribution >= 0.6 is 0 Å². The van der Waals surface area contributed by atoms with Gasteiger partial charge in [0.1, 0.15) is 0 Å². The Hall–Kier alpha value is -3.80. The van der Waals surface area contributed by atoms with Crippen molar-refractivity contribution in [1.82, 2.24) is 4.98 Å². The lowest BCUT2D eigenvalue weighted by Crippen LogP contribution is -2.32. The molecule has 2 aromatic carbocycles. The summed E-state index contributed by atoms with van der Waals surface area (Å²) in [7, 11) is 0. The van der Waals surface area contributed by atoms with Crippen LogP contribution in [0.1, 0.15) is 16.8 Å². The summed E-state index contributed by atoms with van der Waals surface area (Å²) in [6.45, 7) is 0. The van der Waals surface area contributed by atoms with Gasteiger partial charge in [-0.15, -0.1) is 0 Å². The summed E-state index contributed by atoms with van der Waals surface area (Å²) in [6, 6.07) is 16.0. The number of fused-ring (bicyclic) bond motifs is 6. The van der Waals surface area contributed by atoms with Crippen LogP contribution in [0.4, 0.5) is 11.4 Å². The van der Waals surface area contributed by atoms with Crippen molar-refractivity contribution in [3.05, 3.63) is 78.5 Å². The van der Waals surface area contributed by atoms with E-state index >= 15 is 0 Å². The molecule has 6 nitrogen and oxygen atoms in total. The maximum Gasteiger partial charge on any atom is 0.255 e. The predicted octanol–water partition coefficient (Wildman–Crippen LogP) is 3.80. The Labute approximate surface area is 178 Å².